The molecule has 0 saturated carbocycles. The number of carboxylic acids is 1. The average Bonchev–Trinajstić information content (AvgIpc) is 2.75. The zero-order valence-electron chi connectivity index (χ0n) is 9.43. The number of hydrogen-bond acceptors (Lipinski definition) is 3. The van der Waals surface area contributed by atoms with E-state index in [2.05, 4.69) is 31.9 Å². The molecule has 0 aliphatic heterocycles. The smallest absolute Gasteiger partial charge is 0.336 e. The minimum atomic E-state index is -1.26. The van der Waals surface area contributed by atoms with Gasteiger partial charge in [-0.25, -0.2) is 4.79 Å². The molecule has 0 radical (unpaired) electrons. The van der Waals surface area contributed by atoms with Crippen LogP contribution in [-0.2, 0) is 16.6 Å². The number of carbonyl (C=O) groups is 1. The quantitative estimate of drug-likeness (QED) is 0.798. The van der Waals surface area contributed by atoms with Crippen LogP contribution < -0.4 is 0 Å². The first-order valence-corrected chi connectivity index (χ1v) is 8.90. The van der Waals surface area contributed by atoms with Crippen molar-refractivity contribution in [1.29, 1.82) is 0 Å². The molecule has 1 aromatic carbocycles. The number of halogens is 2. The van der Waals surface area contributed by atoms with Gasteiger partial charge >= 0.3 is 5.97 Å². The molecule has 100 valence electrons. The summed E-state index contributed by atoms with van der Waals surface area (Å²) in [6.07, 6.45) is 0. The molecule has 0 fully saturated rings. The van der Waals surface area contributed by atoms with Crippen LogP contribution in [0.15, 0.2) is 43.5 Å². The van der Waals surface area contributed by atoms with Gasteiger partial charge in [-0.05, 0) is 61.5 Å². The van der Waals surface area contributed by atoms with Gasteiger partial charge < -0.3 is 5.11 Å². The second-order valence-electron chi connectivity index (χ2n) is 3.63. The third-order valence-electron chi connectivity index (χ3n) is 2.38. The summed E-state index contributed by atoms with van der Waals surface area (Å²) in [7, 11) is -1.26. The molecule has 2 rings (SSSR count). The van der Waals surface area contributed by atoms with Crippen LogP contribution in [0.3, 0.4) is 0 Å². The number of benzene rings is 1. The van der Waals surface area contributed by atoms with Crippen molar-refractivity contribution in [2.24, 2.45) is 0 Å². The Morgan fingerprint density at radius 2 is 2.00 bits per heavy atom. The summed E-state index contributed by atoms with van der Waals surface area (Å²) in [6.45, 7) is 0. The zero-order valence-corrected chi connectivity index (χ0v) is 14.2. The first-order valence-electron chi connectivity index (χ1n) is 5.12. The molecule has 7 heteroatoms. The summed E-state index contributed by atoms with van der Waals surface area (Å²) >= 11 is 8.08. The molecule has 2 aromatic rings. The monoisotopic (exact) mass is 422 g/mol. The Labute approximate surface area is 133 Å². The van der Waals surface area contributed by atoms with E-state index >= 15 is 0 Å². The predicted octanol–water partition coefficient (Wildman–Crippen LogP) is 4.28. The van der Waals surface area contributed by atoms with Crippen molar-refractivity contribution >= 4 is 60.0 Å². The van der Waals surface area contributed by atoms with Gasteiger partial charge in [0.2, 0.25) is 0 Å². The molecule has 0 saturated heterocycles. The number of carboxylic acid groups (broad SMARTS) is 1. The summed E-state index contributed by atoms with van der Waals surface area (Å²) in [6, 6.07) is 6.64. The van der Waals surface area contributed by atoms with Gasteiger partial charge in [0.05, 0.1) is 22.1 Å². The average molecular weight is 424 g/mol. The molecular weight excluding hydrogens is 416 g/mol. The van der Waals surface area contributed by atoms with Crippen molar-refractivity contribution < 1.29 is 14.1 Å². The molecule has 1 N–H and O–H groups in total. The topological polar surface area (TPSA) is 54.4 Å². The molecule has 1 atom stereocenters. The molecule has 0 aliphatic rings. The Bertz CT molecular complexity index is 652. The Kier molecular flexibility index (Phi) is 4.94. The van der Waals surface area contributed by atoms with Crippen molar-refractivity contribution in [2.75, 3.05) is 0 Å². The van der Waals surface area contributed by atoms with E-state index in [0.29, 0.717) is 15.1 Å². The molecule has 1 aromatic heterocycles. The Hall–Kier alpha value is -0.500. The van der Waals surface area contributed by atoms with E-state index in [1.54, 1.807) is 12.1 Å². The molecule has 1 heterocycles. The fraction of sp³-hybridized carbons (Fsp3) is 0.0833. The third kappa shape index (κ3) is 3.53. The summed E-state index contributed by atoms with van der Waals surface area (Å²) in [5.41, 5.74) is 0.121. The normalized spacial score (nSPS) is 12.3. The van der Waals surface area contributed by atoms with E-state index < -0.39 is 16.8 Å². The standard InChI is InChI=1S/C12H8Br2O3S2/c13-9-2-1-7(5-8(9)12(15)16)19(17)6-11-10(14)3-4-18-11/h1-5H,6H2,(H,15,16). The fourth-order valence-corrected chi connectivity index (χ4v) is 4.94. The highest BCUT2D eigenvalue weighted by Crippen LogP contribution is 2.27. The van der Waals surface area contributed by atoms with Crippen molar-refractivity contribution in [2.45, 2.75) is 10.6 Å². The highest BCUT2D eigenvalue weighted by atomic mass is 79.9. The number of rotatable bonds is 4. The molecule has 3 nitrogen and oxygen atoms in total. The minimum Gasteiger partial charge on any atom is -0.478 e. The van der Waals surface area contributed by atoms with Gasteiger partial charge in [0, 0.05) is 18.7 Å². The highest BCUT2D eigenvalue weighted by molar-refractivity contribution is 9.10. The maximum atomic E-state index is 12.2. The van der Waals surface area contributed by atoms with Crippen LogP contribution in [0.2, 0.25) is 0 Å². The number of hydrogen-bond donors (Lipinski definition) is 1. The lowest BCUT2D eigenvalue weighted by molar-refractivity contribution is 0.0695. The molecule has 19 heavy (non-hydrogen) atoms. The summed E-state index contributed by atoms with van der Waals surface area (Å²) < 4.78 is 13.7. The van der Waals surface area contributed by atoms with Crippen LogP contribution in [0, 0.1) is 0 Å². The zero-order chi connectivity index (χ0) is 14.0. The van der Waals surface area contributed by atoms with E-state index in [-0.39, 0.29) is 5.56 Å². The lowest BCUT2D eigenvalue weighted by Crippen LogP contribution is -2.01. The molecule has 0 spiro atoms. The Balaban J connectivity index is 2.27. The lowest BCUT2D eigenvalue weighted by atomic mass is 10.2. The Morgan fingerprint density at radius 1 is 1.26 bits per heavy atom. The first kappa shape index (κ1) is 14.9. The second-order valence-corrected chi connectivity index (χ2v) is 7.79. The van der Waals surface area contributed by atoms with Gasteiger partial charge in [-0.2, -0.15) is 0 Å². The predicted molar refractivity (Wildman–Crippen MR) is 83.2 cm³/mol. The minimum absolute atomic E-state index is 0.121. The van der Waals surface area contributed by atoms with Gasteiger partial charge in [0.25, 0.3) is 0 Å². The van der Waals surface area contributed by atoms with Crippen LogP contribution in [0.4, 0.5) is 0 Å². The largest absolute Gasteiger partial charge is 0.478 e. The van der Waals surface area contributed by atoms with Crippen molar-refractivity contribution in [3.8, 4) is 0 Å². The van der Waals surface area contributed by atoms with Gasteiger partial charge in [0.1, 0.15) is 0 Å². The SMILES string of the molecule is O=C(O)c1cc(S(=O)Cc2sccc2Br)ccc1Br. The maximum Gasteiger partial charge on any atom is 0.336 e. The van der Waals surface area contributed by atoms with Gasteiger partial charge in [-0.3, -0.25) is 4.21 Å². The van der Waals surface area contributed by atoms with Gasteiger partial charge in [-0.15, -0.1) is 11.3 Å². The van der Waals surface area contributed by atoms with Gasteiger partial charge in [0.15, 0.2) is 0 Å². The van der Waals surface area contributed by atoms with E-state index in [1.807, 2.05) is 11.4 Å². The summed E-state index contributed by atoms with van der Waals surface area (Å²) in [5.74, 6) is -0.665. The van der Waals surface area contributed by atoms with Crippen LogP contribution in [0.1, 0.15) is 15.2 Å². The molecule has 0 amide bonds. The molecular formula is C12H8Br2O3S2. The Morgan fingerprint density at radius 3 is 2.58 bits per heavy atom. The van der Waals surface area contributed by atoms with E-state index in [9.17, 15) is 9.00 Å². The van der Waals surface area contributed by atoms with Crippen LogP contribution in [-0.4, -0.2) is 15.3 Å². The third-order valence-corrected chi connectivity index (χ3v) is 6.52. The van der Waals surface area contributed by atoms with Gasteiger partial charge in [-0.1, -0.05) is 0 Å². The van der Waals surface area contributed by atoms with Crippen LogP contribution >= 0.6 is 43.2 Å². The van der Waals surface area contributed by atoms with Crippen LogP contribution in [0.25, 0.3) is 0 Å². The van der Waals surface area contributed by atoms with E-state index in [1.165, 1.54) is 17.4 Å². The van der Waals surface area contributed by atoms with Crippen molar-refractivity contribution in [3.63, 3.8) is 0 Å². The molecule has 0 bridgehead atoms. The van der Waals surface area contributed by atoms with Crippen molar-refractivity contribution in [3.05, 3.63) is 49.0 Å². The maximum absolute atomic E-state index is 12.2. The van der Waals surface area contributed by atoms with E-state index in [4.69, 9.17) is 5.11 Å². The van der Waals surface area contributed by atoms with Crippen molar-refractivity contribution in [1.82, 2.24) is 0 Å². The molecule has 0 aliphatic carbocycles. The second kappa shape index (κ2) is 6.30. The first-order chi connectivity index (χ1) is 8.99. The summed E-state index contributed by atoms with van der Waals surface area (Å²) in [5, 5.41) is 11.0. The summed E-state index contributed by atoms with van der Waals surface area (Å²) in [4.78, 5) is 12.5. The van der Waals surface area contributed by atoms with Crippen LogP contribution in [0.5, 0.6) is 0 Å². The highest BCUT2D eigenvalue weighted by Gasteiger charge is 2.14. The number of aromatic carboxylic acids is 1. The number of thiophene rings is 1. The fourth-order valence-electron chi connectivity index (χ4n) is 1.44. The van der Waals surface area contributed by atoms with E-state index in [0.717, 1.165) is 9.35 Å². The molecule has 1 unspecified atom stereocenters. The lowest BCUT2D eigenvalue weighted by Gasteiger charge is -2.04.